The Morgan fingerprint density at radius 2 is 2.03 bits per heavy atom. The van der Waals surface area contributed by atoms with Gasteiger partial charge in [0.05, 0.1) is 17.1 Å². The third-order valence-corrected chi connectivity index (χ3v) is 5.91. The van der Waals surface area contributed by atoms with E-state index >= 15 is 0 Å². The van der Waals surface area contributed by atoms with Crippen molar-refractivity contribution >= 4 is 17.9 Å². The lowest BCUT2D eigenvalue weighted by Gasteiger charge is -2.43. The van der Waals surface area contributed by atoms with Crippen molar-refractivity contribution in [2.75, 3.05) is 13.2 Å². The number of para-hydroxylation sites is 1. The SMILES string of the molecule is O=Cc1cccc(OCCCCC(=O)NN2CCCC3CCCCC32)c1[N+](=O)[O-]. The molecule has 1 aliphatic heterocycles. The minimum absolute atomic E-state index is 0.00516. The van der Waals surface area contributed by atoms with Crippen LogP contribution in [0.4, 0.5) is 5.69 Å². The number of amides is 1. The molecule has 0 spiro atoms. The Morgan fingerprint density at radius 1 is 1.24 bits per heavy atom. The Morgan fingerprint density at radius 3 is 2.83 bits per heavy atom. The number of nitro benzene ring substituents is 1. The number of hydrogen-bond donors (Lipinski definition) is 1. The molecule has 2 atom stereocenters. The molecule has 1 aliphatic carbocycles. The third-order valence-electron chi connectivity index (χ3n) is 5.91. The number of hydrazine groups is 1. The highest BCUT2D eigenvalue weighted by atomic mass is 16.6. The normalized spacial score (nSPS) is 21.8. The molecular formula is C21H29N3O5. The van der Waals surface area contributed by atoms with Gasteiger partial charge in [0.15, 0.2) is 12.0 Å². The van der Waals surface area contributed by atoms with Crippen molar-refractivity contribution in [2.45, 2.75) is 63.8 Å². The van der Waals surface area contributed by atoms with Crippen LogP contribution in [0.15, 0.2) is 18.2 Å². The number of hydrogen-bond acceptors (Lipinski definition) is 6. The molecule has 1 saturated heterocycles. The Kier molecular flexibility index (Phi) is 7.57. The summed E-state index contributed by atoms with van der Waals surface area (Å²) in [4.78, 5) is 33.9. The second kappa shape index (κ2) is 10.3. The highest BCUT2D eigenvalue weighted by Crippen LogP contribution is 2.34. The van der Waals surface area contributed by atoms with Gasteiger partial charge in [-0.1, -0.05) is 18.9 Å². The molecule has 0 bridgehead atoms. The van der Waals surface area contributed by atoms with Crippen LogP contribution in [-0.4, -0.2) is 41.3 Å². The van der Waals surface area contributed by atoms with E-state index in [1.165, 1.54) is 37.8 Å². The molecule has 8 heteroatoms. The molecule has 2 unspecified atom stereocenters. The number of nitrogens with one attached hydrogen (secondary N) is 1. The maximum absolute atomic E-state index is 12.3. The molecule has 0 aromatic heterocycles. The van der Waals surface area contributed by atoms with Crippen LogP contribution < -0.4 is 10.2 Å². The lowest BCUT2D eigenvalue weighted by molar-refractivity contribution is -0.386. The van der Waals surface area contributed by atoms with Crippen LogP contribution in [0.5, 0.6) is 5.75 Å². The quantitative estimate of drug-likeness (QED) is 0.292. The lowest BCUT2D eigenvalue weighted by atomic mass is 9.79. The van der Waals surface area contributed by atoms with E-state index in [1.807, 2.05) is 0 Å². The molecule has 1 aromatic carbocycles. The predicted molar refractivity (Wildman–Crippen MR) is 108 cm³/mol. The number of nitrogens with zero attached hydrogens (tertiary/aromatic N) is 2. The van der Waals surface area contributed by atoms with Crippen LogP contribution >= 0.6 is 0 Å². The number of piperidine rings is 1. The summed E-state index contributed by atoms with van der Waals surface area (Å²) in [5.41, 5.74) is 2.77. The molecule has 1 aromatic rings. The number of rotatable bonds is 9. The highest BCUT2D eigenvalue weighted by molar-refractivity contribution is 5.83. The Bertz CT molecular complexity index is 737. The summed E-state index contributed by atoms with van der Waals surface area (Å²) >= 11 is 0. The van der Waals surface area contributed by atoms with Gasteiger partial charge >= 0.3 is 5.69 Å². The van der Waals surface area contributed by atoms with E-state index in [9.17, 15) is 19.7 Å². The molecular weight excluding hydrogens is 374 g/mol. The number of carbonyl (C=O) groups is 2. The molecule has 1 amide bonds. The number of nitro groups is 1. The summed E-state index contributed by atoms with van der Waals surface area (Å²) in [6.07, 6.45) is 9.46. The summed E-state index contributed by atoms with van der Waals surface area (Å²) in [6.45, 7) is 1.18. The van der Waals surface area contributed by atoms with Gasteiger partial charge in [-0.25, -0.2) is 5.01 Å². The van der Waals surface area contributed by atoms with E-state index in [2.05, 4.69) is 10.4 Å². The van der Waals surface area contributed by atoms with Crippen molar-refractivity contribution in [3.63, 3.8) is 0 Å². The molecule has 158 valence electrons. The van der Waals surface area contributed by atoms with Crippen LogP contribution in [0.25, 0.3) is 0 Å². The molecule has 29 heavy (non-hydrogen) atoms. The lowest BCUT2D eigenvalue weighted by Crippen LogP contribution is -2.55. The van der Waals surface area contributed by atoms with Crippen molar-refractivity contribution in [2.24, 2.45) is 5.92 Å². The number of aldehydes is 1. The third kappa shape index (κ3) is 5.53. The second-order valence-electron chi connectivity index (χ2n) is 7.86. The van der Waals surface area contributed by atoms with Gasteiger partial charge in [0.1, 0.15) is 0 Å². The van der Waals surface area contributed by atoms with E-state index in [1.54, 1.807) is 6.07 Å². The molecule has 1 saturated carbocycles. The molecule has 0 radical (unpaired) electrons. The summed E-state index contributed by atoms with van der Waals surface area (Å²) in [7, 11) is 0. The molecule has 2 aliphatic rings. The minimum Gasteiger partial charge on any atom is -0.487 e. The van der Waals surface area contributed by atoms with Gasteiger partial charge in [-0.05, 0) is 56.6 Å². The van der Waals surface area contributed by atoms with Crippen molar-refractivity contribution in [1.82, 2.24) is 10.4 Å². The fourth-order valence-corrected chi connectivity index (χ4v) is 4.50. The average Bonchev–Trinajstić information content (AvgIpc) is 2.73. The average molecular weight is 403 g/mol. The van der Waals surface area contributed by atoms with Gasteiger partial charge in [0, 0.05) is 19.0 Å². The number of benzene rings is 1. The van der Waals surface area contributed by atoms with Crippen LogP contribution in [0.2, 0.25) is 0 Å². The Hall–Kier alpha value is -2.48. The maximum atomic E-state index is 12.3. The summed E-state index contributed by atoms with van der Waals surface area (Å²) in [5.74, 6) is 0.815. The van der Waals surface area contributed by atoms with Crippen LogP contribution in [0.1, 0.15) is 68.1 Å². The van der Waals surface area contributed by atoms with E-state index in [0.717, 1.165) is 19.4 Å². The van der Waals surface area contributed by atoms with Gasteiger partial charge < -0.3 is 4.74 Å². The number of fused-ring (bicyclic) bond motifs is 1. The minimum atomic E-state index is -0.607. The smallest absolute Gasteiger partial charge is 0.321 e. The number of unbranched alkanes of at least 4 members (excludes halogenated alkanes) is 1. The number of carbonyl (C=O) groups excluding carboxylic acids is 2. The van der Waals surface area contributed by atoms with Crippen LogP contribution in [-0.2, 0) is 4.79 Å². The Labute approximate surface area is 170 Å². The molecule has 1 heterocycles. The molecule has 8 nitrogen and oxygen atoms in total. The summed E-state index contributed by atoms with van der Waals surface area (Å²) < 4.78 is 5.50. The monoisotopic (exact) mass is 403 g/mol. The standard InChI is InChI=1S/C21H29N3O5/c25-15-17-8-5-11-19(21(17)24(27)28)29-14-4-3-12-20(26)22-23-13-6-9-16-7-1-2-10-18(16)23/h5,8,11,15-16,18H,1-4,6-7,9-10,12-14H2,(H,22,26). The van der Waals surface area contributed by atoms with Crippen LogP contribution in [0.3, 0.4) is 0 Å². The van der Waals surface area contributed by atoms with Crippen molar-refractivity contribution in [3.05, 3.63) is 33.9 Å². The van der Waals surface area contributed by atoms with Crippen molar-refractivity contribution in [1.29, 1.82) is 0 Å². The zero-order chi connectivity index (χ0) is 20.6. The fourth-order valence-electron chi connectivity index (χ4n) is 4.50. The van der Waals surface area contributed by atoms with E-state index in [4.69, 9.17) is 4.74 Å². The van der Waals surface area contributed by atoms with E-state index < -0.39 is 4.92 Å². The van der Waals surface area contributed by atoms with Gasteiger partial charge in [-0.2, -0.15) is 0 Å². The van der Waals surface area contributed by atoms with Gasteiger partial charge in [0.2, 0.25) is 5.91 Å². The first-order valence-corrected chi connectivity index (χ1v) is 10.5. The largest absolute Gasteiger partial charge is 0.487 e. The first kappa shape index (κ1) is 21.2. The summed E-state index contributed by atoms with van der Waals surface area (Å²) in [5, 5.41) is 13.3. The second-order valence-corrected chi connectivity index (χ2v) is 7.86. The van der Waals surface area contributed by atoms with Gasteiger partial charge in [0.25, 0.3) is 0 Å². The zero-order valence-electron chi connectivity index (χ0n) is 16.7. The van der Waals surface area contributed by atoms with Crippen LogP contribution in [0, 0.1) is 16.0 Å². The number of ether oxygens (including phenoxy) is 1. The van der Waals surface area contributed by atoms with E-state index in [-0.39, 0.29) is 29.5 Å². The molecule has 3 rings (SSSR count). The van der Waals surface area contributed by atoms with Crippen molar-refractivity contribution in [3.8, 4) is 5.75 Å². The van der Waals surface area contributed by atoms with Gasteiger partial charge in [-0.3, -0.25) is 25.1 Å². The topological polar surface area (TPSA) is 102 Å². The van der Waals surface area contributed by atoms with Crippen molar-refractivity contribution < 1.29 is 19.2 Å². The highest BCUT2D eigenvalue weighted by Gasteiger charge is 2.33. The first-order valence-electron chi connectivity index (χ1n) is 10.5. The maximum Gasteiger partial charge on any atom is 0.321 e. The molecule has 2 fully saturated rings. The predicted octanol–water partition coefficient (Wildman–Crippen LogP) is 3.64. The Balaban J connectivity index is 1.40. The molecule has 1 N–H and O–H groups in total. The zero-order valence-corrected chi connectivity index (χ0v) is 16.7. The van der Waals surface area contributed by atoms with E-state index in [0.29, 0.717) is 37.5 Å². The fraction of sp³-hybridized carbons (Fsp3) is 0.619. The van der Waals surface area contributed by atoms with Gasteiger partial charge in [-0.15, -0.1) is 0 Å². The summed E-state index contributed by atoms with van der Waals surface area (Å²) in [6, 6.07) is 4.90. The first-order chi connectivity index (χ1) is 14.1.